The lowest BCUT2D eigenvalue weighted by molar-refractivity contribution is -0.141. The molecule has 0 aliphatic carbocycles. The van der Waals surface area contributed by atoms with Gasteiger partial charge in [0, 0.05) is 15.8 Å². The number of aryl methyl sites for hydroxylation is 1. The molecule has 4 rings (SSSR count). The summed E-state index contributed by atoms with van der Waals surface area (Å²) in [4.78, 5) is 0. The molecule has 1 nitrogen and oxygen atoms in total. The summed E-state index contributed by atoms with van der Waals surface area (Å²) in [5.74, 6) is 0. The van der Waals surface area contributed by atoms with Gasteiger partial charge in [-0.3, -0.25) is 0 Å². The number of benzene rings is 2. The van der Waals surface area contributed by atoms with Crippen LogP contribution in [-0.4, -0.2) is 4.40 Å². The fraction of sp³-hybridized carbons (Fsp3) is 0.111. The van der Waals surface area contributed by atoms with Crippen molar-refractivity contribution in [1.82, 2.24) is 4.40 Å². The predicted octanol–water partition coefficient (Wildman–Crippen LogP) is 6.23. The minimum Gasteiger partial charge on any atom is -0.305 e. The largest absolute Gasteiger partial charge is 0.431 e. The van der Waals surface area contributed by atoms with Crippen LogP contribution < -0.4 is 0 Å². The summed E-state index contributed by atoms with van der Waals surface area (Å²) >= 11 is 5.95. The van der Waals surface area contributed by atoms with E-state index in [4.69, 9.17) is 11.6 Å². The van der Waals surface area contributed by atoms with E-state index in [1.54, 1.807) is 30.3 Å². The first-order chi connectivity index (χ1) is 10.8. The number of hydrogen-bond acceptors (Lipinski definition) is 0. The molecule has 4 aromatic rings. The maximum atomic E-state index is 13.6. The number of hydrogen-bond donors (Lipinski definition) is 0. The summed E-state index contributed by atoms with van der Waals surface area (Å²) in [6.45, 7) is 1.92. The Hall–Kier alpha value is -2.20. The van der Waals surface area contributed by atoms with Crippen LogP contribution in [-0.2, 0) is 6.18 Å². The van der Waals surface area contributed by atoms with Crippen LogP contribution in [0.2, 0.25) is 5.02 Å². The average Bonchev–Trinajstić information content (AvgIpc) is 2.83. The standard InChI is InChI=1S/C18H11ClF3N/c1-10-2-5-15-12(6-10)8-16-14-4-3-13(19)7-11(14)9-17(23(15)16)18(20,21)22/h2-9H,1H3. The Labute approximate surface area is 134 Å². The Morgan fingerprint density at radius 3 is 2.39 bits per heavy atom. The summed E-state index contributed by atoms with van der Waals surface area (Å²) in [7, 11) is 0. The van der Waals surface area contributed by atoms with Crippen LogP contribution >= 0.6 is 11.6 Å². The summed E-state index contributed by atoms with van der Waals surface area (Å²) in [5.41, 5.74) is 1.40. The zero-order chi connectivity index (χ0) is 16.4. The van der Waals surface area contributed by atoms with E-state index in [0.29, 0.717) is 21.4 Å². The van der Waals surface area contributed by atoms with Crippen LogP contribution in [0.25, 0.3) is 27.2 Å². The third-order valence-corrected chi connectivity index (χ3v) is 4.31. The molecule has 0 aliphatic heterocycles. The Kier molecular flexibility index (Phi) is 2.91. The summed E-state index contributed by atoms with van der Waals surface area (Å²) in [6, 6.07) is 13.4. The number of halogens is 4. The third-order valence-electron chi connectivity index (χ3n) is 4.07. The number of pyridine rings is 1. The lowest BCUT2D eigenvalue weighted by Crippen LogP contribution is -2.11. The van der Waals surface area contributed by atoms with E-state index in [0.717, 1.165) is 22.4 Å². The van der Waals surface area contributed by atoms with Crippen LogP contribution in [0.15, 0.2) is 48.5 Å². The van der Waals surface area contributed by atoms with E-state index in [1.807, 2.05) is 19.1 Å². The van der Waals surface area contributed by atoms with Gasteiger partial charge in [-0.05, 0) is 48.7 Å². The van der Waals surface area contributed by atoms with Gasteiger partial charge in [-0.1, -0.05) is 29.3 Å². The summed E-state index contributed by atoms with van der Waals surface area (Å²) in [6.07, 6.45) is -4.45. The number of fused-ring (bicyclic) bond motifs is 5. The molecule has 0 bridgehead atoms. The van der Waals surface area contributed by atoms with E-state index >= 15 is 0 Å². The first kappa shape index (κ1) is 14.4. The molecule has 0 spiro atoms. The normalized spacial score (nSPS) is 12.6. The van der Waals surface area contributed by atoms with Gasteiger partial charge < -0.3 is 4.40 Å². The Balaban J connectivity index is 2.30. The molecule has 2 aromatic carbocycles. The van der Waals surface area contributed by atoms with Crippen molar-refractivity contribution in [3.8, 4) is 0 Å². The molecule has 0 saturated heterocycles. The molecular weight excluding hydrogens is 323 g/mol. The van der Waals surface area contributed by atoms with Gasteiger partial charge in [-0.2, -0.15) is 13.2 Å². The van der Waals surface area contributed by atoms with E-state index in [-0.39, 0.29) is 0 Å². The molecule has 0 unspecified atom stereocenters. The Bertz CT molecular complexity index is 1080. The van der Waals surface area contributed by atoms with Gasteiger partial charge in [-0.15, -0.1) is 0 Å². The number of aromatic nitrogens is 1. The summed E-state index contributed by atoms with van der Waals surface area (Å²) < 4.78 is 42.0. The highest BCUT2D eigenvalue weighted by Gasteiger charge is 2.34. The van der Waals surface area contributed by atoms with Crippen molar-refractivity contribution < 1.29 is 13.2 Å². The van der Waals surface area contributed by atoms with Crippen molar-refractivity contribution in [2.24, 2.45) is 0 Å². The molecule has 0 atom stereocenters. The fourth-order valence-electron chi connectivity index (χ4n) is 3.10. The van der Waals surface area contributed by atoms with Crippen molar-refractivity contribution >= 4 is 38.8 Å². The van der Waals surface area contributed by atoms with Crippen molar-refractivity contribution in [3.63, 3.8) is 0 Å². The molecule has 0 amide bonds. The van der Waals surface area contributed by atoms with Gasteiger partial charge in [0.25, 0.3) is 0 Å². The van der Waals surface area contributed by atoms with Crippen LogP contribution in [0, 0.1) is 6.92 Å². The van der Waals surface area contributed by atoms with Crippen LogP contribution in [0.5, 0.6) is 0 Å². The Morgan fingerprint density at radius 2 is 1.65 bits per heavy atom. The smallest absolute Gasteiger partial charge is 0.305 e. The van der Waals surface area contributed by atoms with Gasteiger partial charge in [-0.25, -0.2) is 0 Å². The highest BCUT2D eigenvalue weighted by atomic mass is 35.5. The predicted molar refractivity (Wildman–Crippen MR) is 87.2 cm³/mol. The maximum Gasteiger partial charge on any atom is 0.431 e. The SMILES string of the molecule is Cc1ccc2c(c1)cc1c3ccc(Cl)cc3cc(C(F)(F)F)n21. The van der Waals surface area contributed by atoms with Crippen molar-refractivity contribution in [3.05, 3.63) is 64.8 Å². The highest BCUT2D eigenvalue weighted by Crippen LogP contribution is 2.37. The lowest BCUT2D eigenvalue weighted by atomic mass is 10.1. The molecule has 0 saturated carbocycles. The zero-order valence-electron chi connectivity index (χ0n) is 12.1. The van der Waals surface area contributed by atoms with Gasteiger partial charge in [0.05, 0.1) is 11.0 Å². The average molecular weight is 334 g/mol. The molecule has 5 heteroatoms. The molecule has 2 heterocycles. The van der Waals surface area contributed by atoms with E-state index in [9.17, 15) is 13.2 Å². The van der Waals surface area contributed by atoms with Crippen LogP contribution in [0.1, 0.15) is 11.3 Å². The fourth-order valence-corrected chi connectivity index (χ4v) is 3.28. The minimum absolute atomic E-state index is 0.418. The highest BCUT2D eigenvalue weighted by molar-refractivity contribution is 6.31. The monoisotopic (exact) mass is 333 g/mol. The second-order valence-corrected chi connectivity index (χ2v) is 6.12. The van der Waals surface area contributed by atoms with Gasteiger partial charge in [0.1, 0.15) is 5.69 Å². The number of rotatable bonds is 0. The molecular formula is C18H11ClF3N. The molecule has 0 N–H and O–H groups in total. The molecule has 116 valence electrons. The number of alkyl halides is 3. The van der Waals surface area contributed by atoms with Gasteiger partial charge in [0.2, 0.25) is 0 Å². The van der Waals surface area contributed by atoms with E-state index < -0.39 is 11.9 Å². The van der Waals surface area contributed by atoms with Crippen LogP contribution in [0.3, 0.4) is 0 Å². The molecule has 0 fully saturated rings. The minimum atomic E-state index is -4.45. The first-order valence-electron chi connectivity index (χ1n) is 7.06. The van der Waals surface area contributed by atoms with Gasteiger partial charge in [0.15, 0.2) is 0 Å². The van der Waals surface area contributed by atoms with E-state index in [2.05, 4.69) is 0 Å². The molecule has 23 heavy (non-hydrogen) atoms. The lowest BCUT2D eigenvalue weighted by Gasteiger charge is -2.13. The molecule has 0 aliphatic rings. The first-order valence-corrected chi connectivity index (χ1v) is 7.44. The quantitative estimate of drug-likeness (QED) is 0.359. The third kappa shape index (κ3) is 2.17. The van der Waals surface area contributed by atoms with Crippen LogP contribution in [0.4, 0.5) is 13.2 Å². The molecule has 2 aromatic heterocycles. The van der Waals surface area contributed by atoms with Crippen molar-refractivity contribution in [2.75, 3.05) is 0 Å². The van der Waals surface area contributed by atoms with Gasteiger partial charge >= 0.3 is 6.18 Å². The van der Waals surface area contributed by atoms with Crippen molar-refractivity contribution in [2.45, 2.75) is 13.1 Å². The second-order valence-electron chi connectivity index (χ2n) is 5.69. The maximum absolute atomic E-state index is 13.6. The molecule has 0 radical (unpaired) electrons. The zero-order valence-corrected chi connectivity index (χ0v) is 12.8. The second kappa shape index (κ2) is 4.65. The summed E-state index contributed by atoms with van der Waals surface area (Å²) in [5, 5.41) is 2.44. The van der Waals surface area contributed by atoms with Crippen molar-refractivity contribution in [1.29, 1.82) is 0 Å². The topological polar surface area (TPSA) is 4.41 Å². The number of nitrogens with zero attached hydrogens (tertiary/aromatic N) is 1. The Morgan fingerprint density at radius 1 is 0.870 bits per heavy atom. The van der Waals surface area contributed by atoms with E-state index in [1.165, 1.54) is 4.40 Å².